The second-order valence-electron chi connectivity index (χ2n) is 6.69. The van der Waals surface area contributed by atoms with Gasteiger partial charge in [0.2, 0.25) is 0 Å². The highest BCUT2D eigenvalue weighted by molar-refractivity contribution is 6.00. The molecular weight excluding hydrogens is 393 g/mol. The summed E-state index contributed by atoms with van der Waals surface area (Å²) in [6.45, 7) is 0.488. The summed E-state index contributed by atoms with van der Waals surface area (Å²) in [5, 5.41) is 11.2. The number of para-hydroxylation sites is 1. The number of urea groups is 1. The van der Waals surface area contributed by atoms with Crippen LogP contribution in [0.25, 0.3) is 10.8 Å². The topological polar surface area (TPSA) is 59.0 Å². The standard InChI is InChI=1S/C22H17F3N4O/c23-22(24,25)19-10-3-4-11-20(19)28-21(30)27-17-12-26-29(14-17)13-16-8-5-7-15-6-1-2-9-18(15)16/h1-12,14H,13H2,(H2,27,28,30). The molecule has 0 saturated carbocycles. The largest absolute Gasteiger partial charge is 0.418 e. The summed E-state index contributed by atoms with van der Waals surface area (Å²) in [7, 11) is 0. The summed E-state index contributed by atoms with van der Waals surface area (Å²) in [6.07, 6.45) is -1.50. The van der Waals surface area contributed by atoms with Crippen molar-refractivity contribution in [2.45, 2.75) is 12.7 Å². The number of nitrogens with one attached hydrogen (secondary N) is 2. The molecule has 0 radical (unpaired) electrons. The molecule has 0 aliphatic carbocycles. The van der Waals surface area contributed by atoms with Crippen molar-refractivity contribution < 1.29 is 18.0 Å². The third-order valence-electron chi connectivity index (χ3n) is 4.58. The SMILES string of the molecule is O=C(Nc1cnn(Cc2cccc3ccccc23)c1)Nc1ccccc1C(F)(F)F. The third kappa shape index (κ3) is 4.27. The Bertz CT molecular complexity index is 1190. The molecule has 152 valence electrons. The van der Waals surface area contributed by atoms with E-state index in [1.54, 1.807) is 10.9 Å². The predicted octanol–water partition coefficient (Wildman–Crippen LogP) is 5.75. The molecule has 5 nitrogen and oxygen atoms in total. The van der Waals surface area contributed by atoms with E-state index in [0.717, 1.165) is 22.4 Å². The second-order valence-corrected chi connectivity index (χ2v) is 6.69. The number of rotatable bonds is 4. The highest BCUT2D eigenvalue weighted by Gasteiger charge is 2.33. The first-order chi connectivity index (χ1) is 14.4. The van der Waals surface area contributed by atoms with E-state index in [1.165, 1.54) is 24.4 Å². The van der Waals surface area contributed by atoms with Crippen LogP contribution in [0, 0.1) is 0 Å². The summed E-state index contributed by atoms with van der Waals surface area (Å²) in [4.78, 5) is 12.2. The maximum Gasteiger partial charge on any atom is 0.418 e. The molecular formula is C22H17F3N4O. The van der Waals surface area contributed by atoms with Crippen LogP contribution in [0.15, 0.2) is 79.1 Å². The summed E-state index contributed by atoms with van der Waals surface area (Å²) in [6, 6.07) is 18.0. The lowest BCUT2D eigenvalue weighted by Gasteiger charge is -2.13. The number of carbonyl (C=O) groups is 1. The Balaban J connectivity index is 1.46. The molecule has 30 heavy (non-hydrogen) atoms. The van der Waals surface area contributed by atoms with E-state index in [4.69, 9.17) is 0 Å². The van der Waals surface area contributed by atoms with E-state index in [0.29, 0.717) is 12.2 Å². The summed E-state index contributed by atoms with van der Waals surface area (Å²) < 4.78 is 40.8. The van der Waals surface area contributed by atoms with Gasteiger partial charge in [-0.15, -0.1) is 0 Å². The Kier molecular flexibility index (Phi) is 5.14. The Labute approximate surface area is 170 Å². The van der Waals surface area contributed by atoms with Gasteiger partial charge in [0.25, 0.3) is 0 Å². The number of alkyl halides is 3. The quantitative estimate of drug-likeness (QED) is 0.450. The summed E-state index contributed by atoms with van der Waals surface area (Å²) >= 11 is 0. The zero-order valence-corrected chi connectivity index (χ0v) is 15.6. The van der Waals surface area contributed by atoms with E-state index in [9.17, 15) is 18.0 Å². The molecule has 2 amide bonds. The third-order valence-corrected chi connectivity index (χ3v) is 4.58. The molecule has 0 bridgehead atoms. The monoisotopic (exact) mass is 410 g/mol. The van der Waals surface area contributed by atoms with Gasteiger partial charge >= 0.3 is 12.2 Å². The van der Waals surface area contributed by atoms with Gasteiger partial charge < -0.3 is 10.6 Å². The smallest absolute Gasteiger partial charge is 0.307 e. The van der Waals surface area contributed by atoms with Crippen molar-refractivity contribution in [3.05, 3.63) is 90.3 Å². The fraction of sp³-hybridized carbons (Fsp3) is 0.0909. The number of hydrogen-bond acceptors (Lipinski definition) is 2. The lowest BCUT2D eigenvalue weighted by Crippen LogP contribution is -2.21. The average Bonchev–Trinajstić information content (AvgIpc) is 3.14. The molecule has 0 fully saturated rings. The van der Waals surface area contributed by atoms with Crippen molar-refractivity contribution in [1.29, 1.82) is 0 Å². The van der Waals surface area contributed by atoms with Crippen LogP contribution in [-0.2, 0) is 12.7 Å². The molecule has 0 aliphatic rings. The molecule has 4 aromatic rings. The van der Waals surface area contributed by atoms with E-state index in [-0.39, 0.29) is 5.69 Å². The fourth-order valence-corrected chi connectivity index (χ4v) is 3.24. The zero-order chi connectivity index (χ0) is 21.1. The Morgan fingerprint density at radius 3 is 2.50 bits per heavy atom. The van der Waals surface area contributed by atoms with E-state index in [2.05, 4.69) is 15.7 Å². The Morgan fingerprint density at radius 1 is 0.933 bits per heavy atom. The predicted molar refractivity (Wildman–Crippen MR) is 109 cm³/mol. The average molecular weight is 410 g/mol. The van der Waals surface area contributed by atoms with Crippen molar-refractivity contribution in [3.8, 4) is 0 Å². The van der Waals surface area contributed by atoms with Crippen LogP contribution in [-0.4, -0.2) is 15.8 Å². The molecule has 4 rings (SSSR count). The maximum atomic E-state index is 13.1. The number of anilines is 2. The highest BCUT2D eigenvalue weighted by atomic mass is 19.4. The molecule has 0 aliphatic heterocycles. The Morgan fingerprint density at radius 2 is 1.67 bits per heavy atom. The normalized spacial score (nSPS) is 11.4. The van der Waals surface area contributed by atoms with Crippen LogP contribution in [0.2, 0.25) is 0 Å². The number of amides is 2. The van der Waals surface area contributed by atoms with Crippen molar-refractivity contribution in [2.24, 2.45) is 0 Å². The van der Waals surface area contributed by atoms with Gasteiger partial charge in [-0.1, -0.05) is 54.6 Å². The van der Waals surface area contributed by atoms with Gasteiger partial charge in [-0.2, -0.15) is 18.3 Å². The van der Waals surface area contributed by atoms with Crippen LogP contribution in [0.4, 0.5) is 29.3 Å². The van der Waals surface area contributed by atoms with Gasteiger partial charge in [0, 0.05) is 6.20 Å². The Hall–Kier alpha value is -3.81. The minimum Gasteiger partial charge on any atom is -0.307 e. The van der Waals surface area contributed by atoms with Gasteiger partial charge in [-0.3, -0.25) is 4.68 Å². The molecule has 1 aromatic heterocycles. The zero-order valence-electron chi connectivity index (χ0n) is 15.6. The number of benzene rings is 3. The minimum atomic E-state index is -4.56. The number of fused-ring (bicyclic) bond motifs is 1. The van der Waals surface area contributed by atoms with Crippen LogP contribution in [0.1, 0.15) is 11.1 Å². The number of hydrogen-bond donors (Lipinski definition) is 2. The fourth-order valence-electron chi connectivity index (χ4n) is 3.24. The van der Waals surface area contributed by atoms with Crippen LogP contribution >= 0.6 is 0 Å². The molecule has 0 unspecified atom stereocenters. The first kappa shape index (κ1) is 19.5. The molecule has 1 heterocycles. The highest BCUT2D eigenvalue weighted by Crippen LogP contribution is 2.34. The van der Waals surface area contributed by atoms with Gasteiger partial charge in [0.05, 0.1) is 29.7 Å². The van der Waals surface area contributed by atoms with Crippen molar-refractivity contribution in [1.82, 2.24) is 9.78 Å². The lowest BCUT2D eigenvalue weighted by atomic mass is 10.0. The maximum absolute atomic E-state index is 13.1. The van der Waals surface area contributed by atoms with Crippen LogP contribution < -0.4 is 10.6 Å². The molecule has 2 N–H and O–H groups in total. The lowest BCUT2D eigenvalue weighted by molar-refractivity contribution is -0.136. The van der Waals surface area contributed by atoms with Crippen molar-refractivity contribution in [3.63, 3.8) is 0 Å². The number of halogens is 3. The number of carbonyl (C=O) groups excluding carboxylic acids is 1. The molecule has 0 saturated heterocycles. The van der Waals surface area contributed by atoms with Crippen molar-refractivity contribution in [2.75, 3.05) is 10.6 Å². The van der Waals surface area contributed by atoms with Gasteiger partial charge in [-0.05, 0) is 28.5 Å². The molecule has 0 atom stereocenters. The summed E-state index contributed by atoms with van der Waals surface area (Å²) in [5.74, 6) is 0. The molecule has 8 heteroatoms. The number of nitrogens with zero attached hydrogens (tertiary/aromatic N) is 2. The molecule has 0 spiro atoms. The van der Waals surface area contributed by atoms with Crippen LogP contribution in [0.3, 0.4) is 0 Å². The second kappa shape index (κ2) is 7.90. The first-order valence-electron chi connectivity index (χ1n) is 9.13. The first-order valence-corrected chi connectivity index (χ1v) is 9.13. The van der Waals surface area contributed by atoms with E-state index >= 15 is 0 Å². The molecule has 3 aromatic carbocycles. The van der Waals surface area contributed by atoms with E-state index < -0.39 is 17.8 Å². The van der Waals surface area contributed by atoms with Crippen LogP contribution in [0.5, 0.6) is 0 Å². The van der Waals surface area contributed by atoms with Gasteiger partial charge in [0.15, 0.2) is 0 Å². The van der Waals surface area contributed by atoms with E-state index in [1.807, 2.05) is 42.5 Å². The van der Waals surface area contributed by atoms with Crippen molar-refractivity contribution >= 4 is 28.2 Å². The minimum absolute atomic E-state index is 0.314. The summed E-state index contributed by atoms with van der Waals surface area (Å²) in [5.41, 5.74) is 0.209. The van der Waals surface area contributed by atoms with Gasteiger partial charge in [-0.25, -0.2) is 4.79 Å². The number of aromatic nitrogens is 2. The van der Waals surface area contributed by atoms with Gasteiger partial charge in [0.1, 0.15) is 0 Å².